The maximum Gasteiger partial charge on any atom is 0.417 e. The van der Waals surface area contributed by atoms with Crippen LogP contribution in [0.2, 0.25) is 5.02 Å². The summed E-state index contributed by atoms with van der Waals surface area (Å²) in [5.41, 5.74) is 0.386. The highest BCUT2D eigenvalue weighted by Crippen LogP contribution is 2.39. The maximum atomic E-state index is 14.9. The second kappa shape index (κ2) is 9.33. The number of aromatic nitrogens is 2. The Bertz CT molecular complexity index is 1210. The molecule has 1 atom stereocenters. The lowest BCUT2D eigenvalue weighted by atomic mass is 10.1. The molecule has 2 aromatic rings. The molecule has 178 valence electrons. The van der Waals surface area contributed by atoms with E-state index in [4.69, 9.17) is 21.1 Å². The van der Waals surface area contributed by atoms with Crippen molar-refractivity contribution in [2.75, 3.05) is 25.9 Å². The lowest BCUT2D eigenvalue weighted by Crippen LogP contribution is -2.40. The van der Waals surface area contributed by atoms with Crippen molar-refractivity contribution in [3.8, 4) is 11.8 Å². The quantitative estimate of drug-likeness (QED) is 0.612. The Morgan fingerprint density at radius 1 is 1.42 bits per heavy atom. The number of pyridine rings is 2. The topological polar surface area (TPSA) is 143 Å². The Labute approximate surface area is 193 Å². The summed E-state index contributed by atoms with van der Waals surface area (Å²) in [6, 6.07) is 2.08. The van der Waals surface area contributed by atoms with Crippen LogP contribution in [0.1, 0.15) is 24.1 Å². The highest BCUT2D eigenvalue weighted by atomic mass is 35.5. The third-order valence-corrected chi connectivity index (χ3v) is 5.90. The van der Waals surface area contributed by atoms with E-state index in [1.807, 2.05) is 9.44 Å². The molecule has 3 heterocycles. The first-order valence-electron chi connectivity index (χ1n) is 9.36. The van der Waals surface area contributed by atoms with Gasteiger partial charge in [0.15, 0.2) is 11.6 Å². The summed E-state index contributed by atoms with van der Waals surface area (Å²) in [5.74, 6) is -1.82. The number of anilines is 1. The standard InChI is InChI=1S/C18H20ClFN6O6S/c1-9-11-7-12(19)16(32-17(27)25(3)4)23-15(11)31-18(28)26(9)8-10-5-6-22-14(13(10)20)24-33(29,30)21-2/h5-7,9,21H,8H2,1-4H3,(H,22,24)/t9-/m1/s1. The van der Waals surface area contributed by atoms with Gasteiger partial charge in [0.2, 0.25) is 11.8 Å². The highest BCUT2D eigenvalue weighted by molar-refractivity contribution is 7.90. The number of carbonyl (C=O) groups excluding carboxylic acids is 2. The number of fused-ring (bicyclic) bond motifs is 1. The number of nitrogens with one attached hydrogen (secondary N) is 2. The zero-order chi connectivity index (χ0) is 24.5. The molecule has 0 aliphatic carbocycles. The molecular weight excluding hydrogens is 483 g/mol. The van der Waals surface area contributed by atoms with Gasteiger partial charge in [0.1, 0.15) is 5.02 Å². The predicted octanol–water partition coefficient (Wildman–Crippen LogP) is 2.28. The van der Waals surface area contributed by atoms with Crippen molar-refractivity contribution in [1.82, 2.24) is 24.5 Å². The van der Waals surface area contributed by atoms with E-state index in [2.05, 4.69) is 9.97 Å². The number of nitrogens with zero attached hydrogens (tertiary/aromatic N) is 4. The summed E-state index contributed by atoms with van der Waals surface area (Å²) in [4.78, 5) is 34.5. The van der Waals surface area contributed by atoms with Gasteiger partial charge in [0.05, 0.1) is 12.6 Å². The summed E-state index contributed by atoms with van der Waals surface area (Å²) >= 11 is 6.18. The second-order valence-electron chi connectivity index (χ2n) is 7.05. The zero-order valence-corrected chi connectivity index (χ0v) is 19.5. The van der Waals surface area contributed by atoms with Crippen molar-refractivity contribution < 1.29 is 31.9 Å². The van der Waals surface area contributed by atoms with Gasteiger partial charge in [0, 0.05) is 38.5 Å². The van der Waals surface area contributed by atoms with E-state index in [1.165, 1.54) is 42.2 Å². The van der Waals surface area contributed by atoms with Crippen LogP contribution < -0.4 is 18.9 Å². The molecule has 0 aromatic carbocycles. The van der Waals surface area contributed by atoms with Crippen molar-refractivity contribution in [2.24, 2.45) is 0 Å². The number of carbonyl (C=O) groups is 2. The molecule has 0 radical (unpaired) electrons. The molecule has 1 aliphatic rings. The average molecular weight is 503 g/mol. The average Bonchev–Trinajstić information content (AvgIpc) is 2.74. The molecule has 1 aliphatic heterocycles. The molecule has 2 amide bonds. The summed E-state index contributed by atoms with van der Waals surface area (Å²) in [6.07, 6.45) is -0.369. The molecule has 0 bridgehead atoms. The van der Waals surface area contributed by atoms with Gasteiger partial charge in [-0.15, -0.1) is 0 Å². The Morgan fingerprint density at radius 2 is 2.12 bits per heavy atom. The SMILES string of the molecule is CNS(=O)(=O)Nc1nccc(CN2C(=O)Oc3nc(OC(=O)N(C)C)c(Cl)cc3[C@H]2C)c1F. The van der Waals surface area contributed by atoms with Gasteiger partial charge < -0.3 is 14.4 Å². The molecule has 0 spiro atoms. The number of amides is 2. The van der Waals surface area contributed by atoms with Gasteiger partial charge in [-0.05, 0) is 19.1 Å². The normalized spacial score (nSPS) is 15.5. The van der Waals surface area contributed by atoms with Crippen LogP contribution in [0.3, 0.4) is 0 Å². The van der Waals surface area contributed by atoms with Gasteiger partial charge in [-0.2, -0.15) is 13.4 Å². The Kier molecular flexibility index (Phi) is 6.90. The van der Waals surface area contributed by atoms with Gasteiger partial charge in [-0.25, -0.2) is 23.7 Å². The van der Waals surface area contributed by atoms with Crippen LogP contribution in [0.25, 0.3) is 0 Å². The number of halogens is 2. The molecular formula is C18H20ClFN6O6S. The van der Waals surface area contributed by atoms with E-state index < -0.39 is 40.1 Å². The minimum absolute atomic E-state index is 0.00699. The second-order valence-corrected chi connectivity index (χ2v) is 9.07. The third-order valence-electron chi connectivity index (χ3n) is 4.63. The summed E-state index contributed by atoms with van der Waals surface area (Å²) in [7, 11) is 0.101. The zero-order valence-electron chi connectivity index (χ0n) is 17.9. The smallest absolute Gasteiger partial charge is 0.391 e. The van der Waals surface area contributed by atoms with Crippen molar-refractivity contribution >= 4 is 39.8 Å². The van der Waals surface area contributed by atoms with Crippen LogP contribution in [-0.4, -0.2) is 61.5 Å². The summed E-state index contributed by atoms with van der Waals surface area (Å²) in [6.45, 7) is 1.38. The molecule has 3 rings (SSSR count). The molecule has 2 aromatic heterocycles. The number of ether oxygens (including phenoxy) is 2. The molecule has 0 fully saturated rings. The molecule has 2 N–H and O–H groups in total. The first-order chi connectivity index (χ1) is 15.4. The van der Waals surface area contributed by atoms with Crippen molar-refractivity contribution in [3.63, 3.8) is 0 Å². The van der Waals surface area contributed by atoms with E-state index in [0.717, 1.165) is 7.05 Å². The Balaban J connectivity index is 1.88. The van der Waals surface area contributed by atoms with Crippen LogP contribution in [0.5, 0.6) is 11.8 Å². The Hall–Kier alpha value is -3.23. The fraction of sp³-hybridized carbons (Fsp3) is 0.333. The number of rotatable bonds is 6. The van der Waals surface area contributed by atoms with Crippen molar-refractivity contribution in [1.29, 1.82) is 0 Å². The molecule has 0 unspecified atom stereocenters. The van der Waals surface area contributed by atoms with E-state index in [1.54, 1.807) is 6.92 Å². The first kappa shape index (κ1) is 24.4. The van der Waals surface area contributed by atoms with E-state index in [0.29, 0.717) is 5.56 Å². The fourth-order valence-corrected chi connectivity index (χ4v) is 3.50. The van der Waals surface area contributed by atoms with Crippen LogP contribution in [0, 0.1) is 5.82 Å². The molecule has 0 saturated carbocycles. The van der Waals surface area contributed by atoms with Gasteiger partial charge in [-0.1, -0.05) is 11.6 Å². The van der Waals surface area contributed by atoms with E-state index in [-0.39, 0.29) is 28.9 Å². The predicted molar refractivity (Wildman–Crippen MR) is 115 cm³/mol. The molecule has 12 nitrogen and oxygen atoms in total. The first-order valence-corrected chi connectivity index (χ1v) is 11.2. The third kappa shape index (κ3) is 5.23. The lowest BCUT2D eigenvalue weighted by Gasteiger charge is -2.33. The van der Waals surface area contributed by atoms with Gasteiger partial charge in [0.25, 0.3) is 10.2 Å². The van der Waals surface area contributed by atoms with Crippen LogP contribution >= 0.6 is 11.6 Å². The minimum atomic E-state index is -4.00. The van der Waals surface area contributed by atoms with Crippen LogP contribution in [-0.2, 0) is 16.8 Å². The van der Waals surface area contributed by atoms with Crippen LogP contribution in [0.15, 0.2) is 18.3 Å². The molecule has 0 saturated heterocycles. The minimum Gasteiger partial charge on any atom is -0.391 e. The molecule has 33 heavy (non-hydrogen) atoms. The number of hydrogen-bond donors (Lipinski definition) is 2. The molecule has 15 heteroatoms. The van der Waals surface area contributed by atoms with Gasteiger partial charge >= 0.3 is 12.2 Å². The Morgan fingerprint density at radius 3 is 2.76 bits per heavy atom. The summed E-state index contributed by atoms with van der Waals surface area (Å²) in [5, 5.41) is 0.00699. The largest absolute Gasteiger partial charge is 0.417 e. The lowest BCUT2D eigenvalue weighted by molar-refractivity contribution is 0.113. The van der Waals surface area contributed by atoms with Crippen molar-refractivity contribution in [3.05, 3.63) is 40.3 Å². The number of hydrogen-bond acceptors (Lipinski definition) is 8. The maximum absolute atomic E-state index is 14.9. The van der Waals surface area contributed by atoms with E-state index in [9.17, 15) is 22.4 Å². The fourth-order valence-electron chi connectivity index (χ4n) is 2.80. The van der Waals surface area contributed by atoms with Crippen LogP contribution in [0.4, 0.5) is 19.8 Å². The van der Waals surface area contributed by atoms with Crippen molar-refractivity contribution in [2.45, 2.75) is 19.5 Å². The highest BCUT2D eigenvalue weighted by Gasteiger charge is 2.35. The monoisotopic (exact) mass is 502 g/mol. The summed E-state index contributed by atoms with van der Waals surface area (Å²) < 4.78 is 52.4. The van der Waals surface area contributed by atoms with E-state index >= 15 is 0 Å². The van der Waals surface area contributed by atoms with Gasteiger partial charge in [-0.3, -0.25) is 9.62 Å².